The van der Waals surface area contributed by atoms with Crippen LogP contribution in [0.3, 0.4) is 0 Å². The summed E-state index contributed by atoms with van der Waals surface area (Å²) in [6.07, 6.45) is 5.38. The van der Waals surface area contributed by atoms with Crippen LogP contribution in [0.15, 0.2) is 0 Å². The third-order valence-corrected chi connectivity index (χ3v) is 4.67. The fourth-order valence-corrected chi connectivity index (χ4v) is 3.01. The Kier molecular flexibility index (Phi) is 2.63. The van der Waals surface area contributed by atoms with E-state index in [-0.39, 0.29) is 5.91 Å². The van der Waals surface area contributed by atoms with Crippen LogP contribution >= 0.6 is 12.2 Å². The van der Waals surface area contributed by atoms with Gasteiger partial charge in [-0.1, -0.05) is 12.2 Å². The van der Waals surface area contributed by atoms with Crippen molar-refractivity contribution in [3.8, 4) is 0 Å². The summed E-state index contributed by atoms with van der Waals surface area (Å²) in [7, 11) is 0. The van der Waals surface area contributed by atoms with E-state index < -0.39 is 5.41 Å². The Hall–Kier alpha value is -0.680. The number of carbonyl (C=O) groups is 1. The quantitative estimate of drug-likeness (QED) is 0.712. The number of likely N-dealkylation sites (tertiary alicyclic amines) is 1. The van der Waals surface area contributed by atoms with Crippen LogP contribution in [0.4, 0.5) is 0 Å². The van der Waals surface area contributed by atoms with Gasteiger partial charge in [0.1, 0.15) is 0 Å². The molecule has 1 amide bonds. The number of hydrogen-bond acceptors (Lipinski definition) is 3. The maximum Gasteiger partial charge on any atom is 0.233 e. The van der Waals surface area contributed by atoms with Gasteiger partial charge < -0.3 is 11.1 Å². The van der Waals surface area contributed by atoms with Crippen LogP contribution in [0.25, 0.3) is 0 Å². The maximum atomic E-state index is 12.1. The van der Waals surface area contributed by atoms with Gasteiger partial charge in [0.2, 0.25) is 5.91 Å². The Bertz CT molecular complexity index is 363. The molecule has 17 heavy (non-hydrogen) atoms. The van der Waals surface area contributed by atoms with Crippen LogP contribution in [0, 0.1) is 5.41 Å². The summed E-state index contributed by atoms with van der Waals surface area (Å²) in [4.78, 5) is 15.0. The van der Waals surface area contributed by atoms with E-state index in [1.165, 1.54) is 12.8 Å². The first kappa shape index (κ1) is 11.4. The highest BCUT2D eigenvalue weighted by molar-refractivity contribution is 7.80. The molecule has 3 fully saturated rings. The van der Waals surface area contributed by atoms with Crippen LogP contribution < -0.4 is 11.1 Å². The summed E-state index contributed by atoms with van der Waals surface area (Å²) in [6.45, 7) is 2.12. The van der Waals surface area contributed by atoms with Gasteiger partial charge in [-0.25, -0.2) is 0 Å². The van der Waals surface area contributed by atoms with Crippen LogP contribution in [-0.4, -0.2) is 41.0 Å². The minimum atomic E-state index is -0.498. The fraction of sp³-hybridized carbons (Fsp3) is 0.833. The molecule has 0 bridgehead atoms. The number of rotatable bonds is 4. The topological polar surface area (TPSA) is 58.4 Å². The SMILES string of the molecule is NC(=S)C1(C(=O)NC2CCN(C3CC3)C2)CC1. The Morgan fingerprint density at radius 2 is 2.06 bits per heavy atom. The van der Waals surface area contributed by atoms with Crippen molar-refractivity contribution in [2.75, 3.05) is 13.1 Å². The van der Waals surface area contributed by atoms with Crippen LogP contribution in [-0.2, 0) is 4.79 Å². The van der Waals surface area contributed by atoms with Gasteiger partial charge in [0.15, 0.2) is 0 Å². The highest BCUT2D eigenvalue weighted by atomic mass is 32.1. The second kappa shape index (κ2) is 3.92. The molecule has 0 aromatic rings. The minimum Gasteiger partial charge on any atom is -0.392 e. The summed E-state index contributed by atoms with van der Waals surface area (Å²) >= 11 is 4.99. The number of hydrogen-bond donors (Lipinski definition) is 2. The molecular formula is C12H19N3OS. The van der Waals surface area contributed by atoms with Crippen molar-refractivity contribution in [1.82, 2.24) is 10.2 Å². The molecule has 1 unspecified atom stereocenters. The van der Waals surface area contributed by atoms with Gasteiger partial charge in [-0.3, -0.25) is 9.69 Å². The zero-order valence-corrected chi connectivity index (χ0v) is 10.8. The molecule has 3 rings (SSSR count). The van der Waals surface area contributed by atoms with Gasteiger partial charge in [-0.05, 0) is 32.1 Å². The van der Waals surface area contributed by atoms with Gasteiger partial charge in [0.05, 0.1) is 10.4 Å². The average Bonchev–Trinajstić information content (AvgIpc) is 3.18. The molecule has 0 radical (unpaired) electrons. The number of thiocarbonyl (C=S) groups is 1. The molecule has 0 aromatic carbocycles. The van der Waals surface area contributed by atoms with Crippen LogP contribution in [0.2, 0.25) is 0 Å². The lowest BCUT2D eigenvalue weighted by Gasteiger charge is -2.19. The molecule has 5 heteroatoms. The molecule has 1 atom stereocenters. The first-order chi connectivity index (χ1) is 8.12. The summed E-state index contributed by atoms with van der Waals surface area (Å²) in [5.41, 5.74) is 5.16. The highest BCUT2D eigenvalue weighted by Crippen LogP contribution is 2.46. The van der Waals surface area contributed by atoms with Crippen LogP contribution in [0.1, 0.15) is 32.1 Å². The second-order valence-electron chi connectivity index (χ2n) is 5.63. The Balaban J connectivity index is 1.54. The van der Waals surface area contributed by atoms with E-state index in [9.17, 15) is 4.79 Å². The zero-order valence-electron chi connectivity index (χ0n) is 9.95. The molecule has 1 aliphatic heterocycles. The van der Waals surface area contributed by atoms with Crippen molar-refractivity contribution in [3.05, 3.63) is 0 Å². The van der Waals surface area contributed by atoms with E-state index in [0.29, 0.717) is 11.0 Å². The van der Waals surface area contributed by atoms with Crippen molar-refractivity contribution in [2.45, 2.75) is 44.2 Å². The predicted octanol–water partition coefficient (Wildman–Crippen LogP) is 0.406. The molecule has 1 saturated heterocycles. The second-order valence-corrected chi connectivity index (χ2v) is 6.07. The summed E-state index contributed by atoms with van der Waals surface area (Å²) < 4.78 is 0. The van der Waals surface area contributed by atoms with E-state index in [2.05, 4.69) is 10.2 Å². The Labute approximate surface area is 107 Å². The van der Waals surface area contributed by atoms with E-state index >= 15 is 0 Å². The van der Waals surface area contributed by atoms with Crippen LogP contribution in [0.5, 0.6) is 0 Å². The molecule has 0 aromatic heterocycles. The molecule has 4 nitrogen and oxygen atoms in total. The van der Waals surface area contributed by atoms with Crippen molar-refractivity contribution in [2.24, 2.45) is 11.1 Å². The number of nitrogens with zero attached hydrogens (tertiary/aromatic N) is 1. The fourth-order valence-electron chi connectivity index (χ4n) is 2.71. The van der Waals surface area contributed by atoms with Crippen molar-refractivity contribution in [3.63, 3.8) is 0 Å². The normalized spacial score (nSPS) is 31.2. The van der Waals surface area contributed by atoms with Gasteiger partial charge in [0.25, 0.3) is 0 Å². The lowest BCUT2D eigenvalue weighted by atomic mass is 10.1. The number of nitrogens with one attached hydrogen (secondary N) is 1. The average molecular weight is 253 g/mol. The van der Waals surface area contributed by atoms with Gasteiger partial charge in [-0.15, -0.1) is 0 Å². The minimum absolute atomic E-state index is 0.0626. The molecule has 3 aliphatic rings. The molecular weight excluding hydrogens is 234 g/mol. The van der Waals surface area contributed by atoms with E-state index in [1.807, 2.05) is 0 Å². The molecule has 1 heterocycles. The number of nitrogens with two attached hydrogens (primary N) is 1. The lowest BCUT2D eigenvalue weighted by Crippen LogP contribution is -2.45. The summed E-state index contributed by atoms with van der Waals surface area (Å²) in [6, 6.07) is 1.09. The maximum absolute atomic E-state index is 12.1. The number of carbonyl (C=O) groups excluding carboxylic acids is 1. The summed E-state index contributed by atoms with van der Waals surface area (Å²) in [5.74, 6) is 0.0626. The smallest absolute Gasteiger partial charge is 0.233 e. The third kappa shape index (κ3) is 2.06. The third-order valence-electron chi connectivity index (χ3n) is 4.27. The van der Waals surface area contributed by atoms with Gasteiger partial charge in [-0.2, -0.15) is 0 Å². The summed E-state index contributed by atoms with van der Waals surface area (Å²) in [5, 5.41) is 3.13. The predicted molar refractivity (Wildman–Crippen MR) is 69.6 cm³/mol. The first-order valence-corrected chi connectivity index (χ1v) is 6.87. The molecule has 3 N–H and O–H groups in total. The largest absolute Gasteiger partial charge is 0.392 e. The molecule has 94 valence electrons. The lowest BCUT2D eigenvalue weighted by molar-refractivity contribution is -0.124. The van der Waals surface area contributed by atoms with E-state index in [0.717, 1.165) is 38.4 Å². The Morgan fingerprint density at radius 3 is 2.59 bits per heavy atom. The Morgan fingerprint density at radius 1 is 1.35 bits per heavy atom. The van der Waals surface area contributed by atoms with Gasteiger partial charge >= 0.3 is 0 Å². The number of amides is 1. The first-order valence-electron chi connectivity index (χ1n) is 6.47. The van der Waals surface area contributed by atoms with Crippen molar-refractivity contribution >= 4 is 23.1 Å². The van der Waals surface area contributed by atoms with Crippen molar-refractivity contribution < 1.29 is 4.79 Å². The zero-order chi connectivity index (χ0) is 12.0. The standard InChI is InChI=1S/C12H19N3OS/c13-10(17)12(4-5-12)11(16)14-8-3-6-15(7-8)9-1-2-9/h8-9H,1-7H2,(H2,13,17)(H,14,16). The monoisotopic (exact) mass is 253 g/mol. The molecule has 2 saturated carbocycles. The highest BCUT2D eigenvalue weighted by Gasteiger charge is 2.53. The molecule has 0 spiro atoms. The van der Waals surface area contributed by atoms with Crippen molar-refractivity contribution in [1.29, 1.82) is 0 Å². The van der Waals surface area contributed by atoms with E-state index in [1.54, 1.807) is 0 Å². The van der Waals surface area contributed by atoms with E-state index in [4.69, 9.17) is 18.0 Å². The van der Waals surface area contributed by atoms with Gasteiger partial charge in [0, 0.05) is 25.2 Å². The molecule has 2 aliphatic carbocycles.